The molecule has 1 fully saturated rings. The van der Waals surface area contributed by atoms with Gasteiger partial charge in [0.05, 0.1) is 0 Å². The molecule has 0 aliphatic carbocycles. The summed E-state index contributed by atoms with van der Waals surface area (Å²) in [6.07, 6.45) is 3.95. The smallest absolute Gasteiger partial charge is 0.220 e. The molecule has 5 heteroatoms. The van der Waals surface area contributed by atoms with Crippen molar-refractivity contribution < 1.29 is 4.79 Å². The van der Waals surface area contributed by atoms with E-state index in [2.05, 4.69) is 15.2 Å². The van der Waals surface area contributed by atoms with Crippen molar-refractivity contribution in [1.29, 1.82) is 0 Å². The summed E-state index contributed by atoms with van der Waals surface area (Å²) in [6, 6.07) is 13.8. The number of aromatic nitrogens is 1. The van der Waals surface area contributed by atoms with Gasteiger partial charge in [-0.1, -0.05) is 29.8 Å². The highest BCUT2D eigenvalue weighted by atomic mass is 35.5. The Morgan fingerprint density at radius 1 is 1.30 bits per heavy atom. The Morgan fingerprint density at radius 2 is 2.22 bits per heavy atom. The molecule has 0 saturated carbocycles. The lowest BCUT2D eigenvalue weighted by Gasteiger charge is -2.17. The first-order valence-corrected chi connectivity index (χ1v) is 8.28. The van der Waals surface area contributed by atoms with E-state index < -0.39 is 0 Å². The van der Waals surface area contributed by atoms with Gasteiger partial charge in [0, 0.05) is 36.8 Å². The van der Waals surface area contributed by atoms with Gasteiger partial charge in [-0.2, -0.15) is 0 Å². The predicted octanol–water partition coefficient (Wildman–Crippen LogP) is 3.06. The van der Waals surface area contributed by atoms with E-state index in [1.54, 1.807) is 6.20 Å². The summed E-state index contributed by atoms with van der Waals surface area (Å²) in [5.74, 6) is 1.07. The third-order valence-electron chi connectivity index (χ3n) is 4.06. The number of nitrogens with one attached hydrogen (secondary N) is 1. The average molecular weight is 330 g/mol. The largest absolute Gasteiger partial charge is 0.354 e. The van der Waals surface area contributed by atoms with Crippen molar-refractivity contribution in [2.24, 2.45) is 0 Å². The summed E-state index contributed by atoms with van der Waals surface area (Å²) < 4.78 is 0. The van der Waals surface area contributed by atoms with E-state index in [1.807, 2.05) is 42.5 Å². The minimum absolute atomic E-state index is 0.0952. The van der Waals surface area contributed by atoms with Gasteiger partial charge in [0.2, 0.25) is 5.91 Å². The number of nitrogens with zero attached hydrogens (tertiary/aromatic N) is 2. The van der Waals surface area contributed by atoms with Gasteiger partial charge in [0.15, 0.2) is 0 Å². The first-order valence-electron chi connectivity index (χ1n) is 7.90. The maximum atomic E-state index is 12.1. The van der Waals surface area contributed by atoms with Crippen LogP contribution in [0.25, 0.3) is 0 Å². The van der Waals surface area contributed by atoms with Crippen LogP contribution in [0.15, 0.2) is 48.7 Å². The Bertz CT molecular complexity index is 662. The summed E-state index contributed by atoms with van der Waals surface area (Å²) in [4.78, 5) is 18.7. The lowest BCUT2D eigenvalue weighted by Crippen LogP contribution is -2.37. The average Bonchev–Trinajstić information content (AvgIpc) is 3.02. The number of carbonyl (C=O) groups excluding carboxylic acids is 1. The fourth-order valence-electron chi connectivity index (χ4n) is 2.88. The van der Waals surface area contributed by atoms with Gasteiger partial charge in [-0.15, -0.1) is 0 Å². The molecule has 2 heterocycles. The predicted molar refractivity (Wildman–Crippen MR) is 92.8 cm³/mol. The topological polar surface area (TPSA) is 45.2 Å². The quantitative estimate of drug-likeness (QED) is 0.917. The van der Waals surface area contributed by atoms with E-state index in [0.29, 0.717) is 17.9 Å². The molecule has 1 aliphatic rings. The number of benzene rings is 1. The van der Waals surface area contributed by atoms with E-state index >= 15 is 0 Å². The van der Waals surface area contributed by atoms with Gasteiger partial charge >= 0.3 is 0 Å². The summed E-state index contributed by atoms with van der Waals surface area (Å²) in [5.41, 5.74) is 1.09. The zero-order valence-corrected chi connectivity index (χ0v) is 13.7. The molecular weight excluding hydrogens is 310 g/mol. The van der Waals surface area contributed by atoms with Crippen LogP contribution in [0, 0.1) is 0 Å². The second-order valence-corrected chi connectivity index (χ2v) is 6.25. The van der Waals surface area contributed by atoms with Crippen LogP contribution in [0.2, 0.25) is 5.02 Å². The molecule has 4 nitrogen and oxygen atoms in total. The molecule has 1 aromatic heterocycles. The Labute approximate surface area is 141 Å². The number of hydrogen-bond donors (Lipinski definition) is 1. The highest BCUT2D eigenvalue weighted by Gasteiger charge is 2.24. The number of hydrogen-bond acceptors (Lipinski definition) is 3. The lowest BCUT2D eigenvalue weighted by molar-refractivity contribution is -0.121. The van der Waals surface area contributed by atoms with E-state index in [9.17, 15) is 4.79 Å². The zero-order valence-electron chi connectivity index (χ0n) is 12.9. The molecule has 0 spiro atoms. The van der Waals surface area contributed by atoms with E-state index in [4.69, 9.17) is 11.6 Å². The molecule has 2 aromatic rings. The van der Waals surface area contributed by atoms with Crippen molar-refractivity contribution in [3.8, 4) is 0 Å². The summed E-state index contributed by atoms with van der Waals surface area (Å²) in [5, 5.41) is 3.83. The van der Waals surface area contributed by atoms with Crippen molar-refractivity contribution in [3.63, 3.8) is 0 Å². The van der Waals surface area contributed by atoms with Crippen LogP contribution in [-0.4, -0.2) is 30.0 Å². The molecule has 1 atom stereocenters. The Hall–Kier alpha value is -2.07. The molecule has 23 heavy (non-hydrogen) atoms. The highest BCUT2D eigenvalue weighted by molar-refractivity contribution is 6.30. The summed E-state index contributed by atoms with van der Waals surface area (Å²) in [7, 11) is 0. The van der Waals surface area contributed by atoms with Gasteiger partial charge in [-0.25, -0.2) is 4.98 Å². The van der Waals surface area contributed by atoms with Crippen molar-refractivity contribution in [2.75, 3.05) is 18.0 Å². The monoisotopic (exact) mass is 329 g/mol. The Kier molecular flexibility index (Phi) is 5.13. The van der Waals surface area contributed by atoms with E-state index in [1.165, 1.54) is 0 Å². The van der Waals surface area contributed by atoms with Gasteiger partial charge in [0.25, 0.3) is 0 Å². The van der Waals surface area contributed by atoms with Crippen LogP contribution >= 0.6 is 11.6 Å². The normalized spacial score (nSPS) is 17.3. The van der Waals surface area contributed by atoms with Crippen molar-refractivity contribution in [3.05, 3.63) is 59.2 Å². The number of carbonyl (C=O) groups is 1. The van der Waals surface area contributed by atoms with Crippen LogP contribution in [0.1, 0.15) is 18.4 Å². The fraction of sp³-hybridized carbons (Fsp3) is 0.333. The molecule has 120 valence electrons. The van der Waals surface area contributed by atoms with Crippen molar-refractivity contribution >= 4 is 23.3 Å². The number of halogens is 1. The van der Waals surface area contributed by atoms with Gasteiger partial charge in [-0.3, -0.25) is 4.79 Å². The molecule has 0 bridgehead atoms. The maximum absolute atomic E-state index is 12.1. The third kappa shape index (κ3) is 4.45. The van der Waals surface area contributed by atoms with Gasteiger partial charge < -0.3 is 10.2 Å². The van der Waals surface area contributed by atoms with Crippen LogP contribution in [-0.2, 0) is 11.2 Å². The Balaban J connectivity index is 1.46. The van der Waals surface area contributed by atoms with Crippen molar-refractivity contribution in [1.82, 2.24) is 10.3 Å². The van der Waals surface area contributed by atoms with Crippen LogP contribution in [0.3, 0.4) is 0 Å². The molecule has 1 aliphatic heterocycles. The standard InChI is InChI=1S/C18H20ClN3O/c19-15-5-3-4-14(12-15)7-8-18(23)21-16-9-11-22(13-16)17-6-1-2-10-20-17/h1-6,10,12,16H,7-9,11,13H2,(H,21,23). The number of aryl methyl sites for hydroxylation is 1. The SMILES string of the molecule is O=C(CCc1cccc(Cl)c1)NC1CCN(c2ccccn2)C1. The molecule has 1 saturated heterocycles. The second-order valence-electron chi connectivity index (χ2n) is 5.82. The molecule has 1 amide bonds. The van der Waals surface area contributed by atoms with Crippen LogP contribution < -0.4 is 10.2 Å². The first kappa shape index (κ1) is 15.8. The van der Waals surface area contributed by atoms with Crippen molar-refractivity contribution in [2.45, 2.75) is 25.3 Å². The molecular formula is C18H20ClN3O. The third-order valence-corrected chi connectivity index (χ3v) is 4.29. The summed E-state index contributed by atoms with van der Waals surface area (Å²) >= 11 is 5.96. The molecule has 1 aromatic carbocycles. The molecule has 0 radical (unpaired) electrons. The van der Waals surface area contributed by atoms with Gasteiger partial charge in [-0.05, 0) is 42.7 Å². The first-order chi connectivity index (χ1) is 11.2. The minimum Gasteiger partial charge on any atom is -0.354 e. The summed E-state index contributed by atoms with van der Waals surface area (Å²) in [6.45, 7) is 1.75. The minimum atomic E-state index is 0.0952. The fourth-order valence-corrected chi connectivity index (χ4v) is 3.09. The molecule has 1 unspecified atom stereocenters. The maximum Gasteiger partial charge on any atom is 0.220 e. The second kappa shape index (κ2) is 7.47. The zero-order chi connectivity index (χ0) is 16.1. The number of anilines is 1. The highest BCUT2D eigenvalue weighted by Crippen LogP contribution is 2.17. The van der Waals surface area contributed by atoms with E-state index in [0.717, 1.165) is 30.9 Å². The lowest BCUT2D eigenvalue weighted by atomic mass is 10.1. The van der Waals surface area contributed by atoms with Gasteiger partial charge in [0.1, 0.15) is 5.82 Å². The van der Waals surface area contributed by atoms with Crippen LogP contribution in [0.5, 0.6) is 0 Å². The van der Waals surface area contributed by atoms with E-state index in [-0.39, 0.29) is 11.9 Å². The molecule has 1 N–H and O–H groups in total. The number of amides is 1. The van der Waals surface area contributed by atoms with Crippen LogP contribution in [0.4, 0.5) is 5.82 Å². The Morgan fingerprint density at radius 3 is 3.00 bits per heavy atom. The number of rotatable bonds is 5. The molecule has 3 rings (SSSR count). The number of pyridine rings is 1.